The molecule has 0 bridgehead atoms. The Hall–Kier alpha value is -1.46. The molecule has 1 aromatic carbocycles. The summed E-state index contributed by atoms with van der Waals surface area (Å²) in [6, 6.07) is 8.36. The quantitative estimate of drug-likeness (QED) is 0.483. The second-order valence-electron chi connectivity index (χ2n) is 11.5. The number of aromatic nitrogens is 1. The predicted octanol–water partition coefficient (Wildman–Crippen LogP) is 5.51. The highest BCUT2D eigenvalue weighted by atomic mass is 35.5. The zero-order valence-corrected chi connectivity index (χ0v) is 20.1. The summed E-state index contributed by atoms with van der Waals surface area (Å²) in [6.07, 6.45) is 10.9. The maximum absolute atomic E-state index is 12.3. The Morgan fingerprint density at radius 3 is 2.73 bits per heavy atom. The lowest BCUT2D eigenvalue weighted by Crippen LogP contribution is -2.64. The second-order valence-corrected chi connectivity index (χ2v) is 11.9. The Labute approximate surface area is 200 Å². The molecular formula is C28H34ClNO3. The highest BCUT2D eigenvalue weighted by Crippen LogP contribution is 2.65. The van der Waals surface area contributed by atoms with Crippen molar-refractivity contribution in [3.63, 3.8) is 0 Å². The van der Waals surface area contributed by atoms with Crippen LogP contribution in [-0.2, 0) is 0 Å². The van der Waals surface area contributed by atoms with Crippen LogP contribution in [0, 0.1) is 23.2 Å². The summed E-state index contributed by atoms with van der Waals surface area (Å²) >= 11 is 6.29. The summed E-state index contributed by atoms with van der Waals surface area (Å²) in [4.78, 5) is 4.19. The van der Waals surface area contributed by atoms with Gasteiger partial charge >= 0.3 is 0 Å². The topological polar surface area (TPSA) is 73.6 Å². The van der Waals surface area contributed by atoms with Crippen molar-refractivity contribution < 1.29 is 15.3 Å². The molecule has 1 heterocycles. The average Bonchev–Trinajstić information content (AvgIpc) is 3.09. The van der Waals surface area contributed by atoms with E-state index in [1.165, 1.54) is 11.1 Å². The zero-order chi connectivity index (χ0) is 23.0. The molecule has 3 fully saturated rings. The third-order valence-corrected chi connectivity index (χ3v) is 10.3. The number of aliphatic hydroxyl groups excluding tert-OH is 1. The minimum atomic E-state index is -1.09. The van der Waals surface area contributed by atoms with Crippen LogP contribution in [0.2, 0.25) is 5.15 Å². The molecule has 1 aromatic heterocycles. The molecule has 6 rings (SSSR count). The monoisotopic (exact) mass is 467 g/mol. The Morgan fingerprint density at radius 2 is 1.88 bits per heavy atom. The summed E-state index contributed by atoms with van der Waals surface area (Å²) in [5.41, 5.74) is 0.120. The Bertz CT molecular complexity index is 1130. The van der Waals surface area contributed by atoms with Crippen molar-refractivity contribution in [3.8, 4) is 0 Å². The van der Waals surface area contributed by atoms with Gasteiger partial charge in [-0.3, -0.25) is 0 Å². The van der Waals surface area contributed by atoms with Crippen LogP contribution in [0.1, 0.15) is 70.3 Å². The first kappa shape index (κ1) is 22.0. The molecule has 0 spiro atoms. The van der Waals surface area contributed by atoms with E-state index in [0.29, 0.717) is 36.3 Å². The number of hydrogen-bond donors (Lipinski definition) is 3. The molecular weight excluding hydrogens is 434 g/mol. The number of pyridine rings is 1. The molecule has 5 heteroatoms. The summed E-state index contributed by atoms with van der Waals surface area (Å²) in [5, 5.41) is 37.1. The van der Waals surface area contributed by atoms with E-state index < -0.39 is 11.2 Å². The molecule has 33 heavy (non-hydrogen) atoms. The van der Waals surface area contributed by atoms with E-state index in [-0.39, 0.29) is 17.4 Å². The summed E-state index contributed by atoms with van der Waals surface area (Å²) in [7, 11) is 0. The summed E-state index contributed by atoms with van der Waals surface area (Å²) < 4.78 is 0. The molecule has 0 radical (unpaired) electrons. The third-order valence-electron chi connectivity index (χ3n) is 10.0. The van der Waals surface area contributed by atoms with Gasteiger partial charge in [0.1, 0.15) is 5.15 Å². The first-order valence-electron chi connectivity index (χ1n) is 12.6. The fourth-order valence-electron chi connectivity index (χ4n) is 8.17. The van der Waals surface area contributed by atoms with Crippen LogP contribution in [0.15, 0.2) is 36.5 Å². The minimum Gasteiger partial charge on any atom is -0.393 e. The van der Waals surface area contributed by atoms with Gasteiger partial charge in [0.05, 0.1) is 17.3 Å². The third kappa shape index (κ3) is 3.17. The van der Waals surface area contributed by atoms with E-state index >= 15 is 0 Å². The van der Waals surface area contributed by atoms with E-state index in [0.717, 1.165) is 49.3 Å². The lowest BCUT2D eigenvalue weighted by atomic mass is 9.52. The lowest BCUT2D eigenvalue weighted by Gasteiger charge is -2.57. The second kappa shape index (κ2) is 7.52. The van der Waals surface area contributed by atoms with Gasteiger partial charge in [-0.15, -0.1) is 0 Å². The maximum atomic E-state index is 12.3. The van der Waals surface area contributed by atoms with Gasteiger partial charge in [0, 0.05) is 17.5 Å². The van der Waals surface area contributed by atoms with Gasteiger partial charge in [-0.1, -0.05) is 36.7 Å². The highest BCUT2D eigenvalue weighted by molar-refractivity contribution is 6.34. The van der Waals surface area contributed by atoms with Crippen molar-refractivity contribution in [3.05, 3.63) is 47.3 Å². The van der Waals surface area contributed by atoms with E-state index in [9.17, 15) is 15.3 Å². The van der Waals surface area contributed by atoms with E-state index in [4.69, 9.17) is 11.6 Å². The number of nitrogens with zero attached hydrogens (tertiary/aromatic N) is 1. The fourth-order valence-corrected chi connectivity index (χ4v) is 8.40. The standard InChI is InChI=1S/C28H34ClNO3/c1-26-11-12-27(32)16-20-15-21(31)4-2-17(20)8-10-28(27,33)24(26)7-6-23(26)19-3-5-22-18(14-19)9-13-30-25(22)29/h3,5-6,9,13-14,17,20-21,24,31-33H,2,4,7-8,10-12,15-16H2,1H3/t17?,20?,21?,24?,26?,27?,28-/m0/s1. The summed E-state index contributed by atoms with van der Waals surface area (Å²) in [6.45, 7) is 2.29. The van der Waals surface area contributed by atoms with Crippen molar-refractivity contribution >= 4 is 27.9 Å². The molecule has 0 aliphatic heterocycles. The van der Waals surface area contributed by atoms with Gasteiger partial charge in [0.25, 0.3) is 0 Å². The van der Waals surface area contributed by atoms with E-state index in [2.05, 4.69) is 30.1 Å². The van der Waals surface area contributed by atoms with Gasteiger partial charge in [0.15, 0.2) is 0 Å². The number of allylic oxidation sites excluding steroid dienone is 2. The Kier molecular flexibility index (Phi) is 5.02. The van der Waals surface area contributed by atoms with E-state index in [1.54, 1.807) is 6.20 Å². The molecule has 4 nitrogen and oxygen atoms in total. The van der Waals surface area contributed by atoms with Crippen LogP contribution in [0.5, 0.6) is 0 Å². The fraction of sp³-hybridized carbons (Fsp3) is 0.607. The van der Waals surface area contributed by atoms with Gasteiger partial charge < -0.3 is 15.3 Å². The minimum absolute atomic E-state index is 0.000511. The van der Waals surface area contributed by atoms with Gasteiger partial charge in [-0.2, -0.15) is 0 Å². The average molecular weight is 468 g/mol. The van der Waals surface area contributed by atoms with Crippen LogP contribution in [0.3, 0.4) is 0 Å². The van der Waals surface area contributed by atoms with E-state index in [1.807, 2.05) is 12.1 Å². The highest BCUT2D eigenvalue weighted by Gasteiger charge is 2.65. The molecule has 0 saturated heterocycles. The maximum Gasteiger partial charge on any atom is 0.136 e. The normalized spacial score (nSPS) is 42.8. The van der Waals surface area contributed by atoms with Crippen molar-refractivity contribution in [2.75, 3.05) is 0 Å². The Morgan fingerprint density at radius 1 is 1.03 bits per heavy atom. The van der Waals surface area contributed by atoms with Crippen molar-refractivity contribution in [1.29, 1.82) is 0 Å². The van der Waals surface area contributed by atoms with Crippen molar-refractivity contribution in [1.82, 2.24) is 4.98 Å². The smallest absolute Gasteiger partial charge is 0.136 e. The number of fused-ring (bicyclic) bond motifs is 5. The van der Waals surface area contributed by atoms with Crippen LogP contribution in [-0.4, -0.2) is 37.6 Å². The molecule has 176 valence electrons. The van der Waals surface area contributed by atoms with Crippen LogP contribution < -0.4 is 0 Å². The Balaban J connectivity index is 1.35. The number of aliphatic hydroxyl groups is 3. The number of halogens is 1. The molecule has 4 aliphatic carbocycles. The van der Waals surface area contributed by atoms with Crippen molar-refractivity contribution in [2.45, 2.75) is 82.0 Å². The number of hydrogen-bond acceptors (Lipinski definition) is 4. The first-order valence-corrected chi connectivity index (χ1v) is 13.0. The summed E-state index contributed by atoms with van der Waals surface area (Å²) in [5.74, 6) is 0.816. The van der Waals surface area contributed by atoms with Crippen LogP contribution in [0.25, 0.3) is 16.3 Å². The van der Waals surface area contributed by atoms with Crippen molar-refractivity contribution in [2.24, 2.45) is 23.2 Å². The van der Waals surface area contributed by atoms with Gasteiger partial charge in [-0.05, 0) is 104 Å². The van der Waals surface area contributed by atoms with Gasteiger partial charge in [-0.25, -0.2) is 4.98 Å². The first-order chi connectivity index (χ1) is 15.7. The molecule has 4 aliphatic rings. The molecule has 3 N–H and O–H groups in total. The van der Waals surface area contributed by atoms with Gasteiger partial charge in [0.2, 0.25) is 0 Å². The van der Waals surface area contributed by atoms with Crippen LogP contribution in [0.4, 0.5) is 0 Å². The molecule has 3 saturated carbocycles. The predicted molar refractivity (Wildman–Crippen MR) is 131 cm³/mol. The lowest BCUT2D eigenvalue weighted by molar-refractivity contribution is -0.228. The SMILES string of the molecule is CC12CCC3(O)CC4CC(O)CCC4CC[C@]3(O)C1CC=C2c1ccc2c(Cl)nccc2c1. The molecule has 2 aromatic rings. The molecule has 7 atom stereocenters. The molecule has 0 amide bonds. The molecule has 6 unspecified atom stereocenters. The number of rotatable bonds is 1. The van der Waals surface area contributed by atoms with Crippen LogP contribution >= 0.6 is 11.6 Å². The zero-order valence-electron chi connectivity index (χ0n) is 19.3. The largest absolute Gasteiger partial charge is 0.393 e. The number of benzene rings is 1.